The summed E-state index contributed by atoms with van der Waals surface area (Å²) in [4.78, 5) is 23.3. The number of benzene rings is 2. The van der Waals surface area contributed by atoms with Crippen LogP contribution < -0.4 is 11.1 Å². The molecule has 0 aliphatic heterocycles. The molecule has 2 aromatic carbocycles. The Morgan fingerprint density at radius 1 is 1.07 bits per heavy atom. The Labute approximate surface area is 156 Å². The highest BCUT2D eigenvalue weighted by atomic mass is 16.4. The number of carbonyl (C=O) groups excluding carboxylic acids is 1. The van der Waals surface area contributed by atoms with Crippen molar-refractivity contribution >= 4 is 19.0 Å². The van der Waals surface area contributed by atoms with E-state index in [4.69, 9.17) is 10.8 Å². The van der Waals surface area contributed by atoms with Gasteiger partial charge < -0.3 is 31.3 Å². The van der Waals surface area contributed by atoms with E-state index in [1.807, 2.05) is 0 Å². The second-order valence-electron chi connectivity index (χ2n) is 6.11. The number of amides is 1. The third-order valence-electron chi connectivity index (χ3n) is 4.12. The molecule has 142 valence electrons. The van der Waals surface area contributed by atoms with Gasteiger partial charge in [0.1, 0.15) is 11.3 Å². The van der Waals surface area contributed by atoms with Crippen molar-refractivity contribution in [3.8, 4) is 5.75 Å². The molecule has 7 N–H and O–H groups in total. The molecule has 0 spiro atoms. The summed E-state index contributed by atoms with van der Waals surface area (Å²) < 4.78 is 0. The summed E-state index contributed by atoms with van der Waals surface area (Å²) in [6.45, 7) is 0.393. The van der Waals surface area contributed by atoms with Crippen molar-refractivity contribution in [2.45, 2.75) is 25.3 Å². The van der Waals surface area contributed by atoms with Crippen LogP contribution in [0.2, 0.25) is 0 Å². The molecular weight excluding hydrogens is 351 g/mol. The molecule has 0 aliphatic carbocycles. The lowest BCUT2D eigenvalue weighted by atomic mass is 9.75. The summed E-state index contributed by atoms with van der Waals surface area (Å²) in [6.07, 6.45) is -0.127. The average molecular weight is 372 g/mol. The molecule has 8 nitrogen and oxygen atoms in total. The van der Waals surface area contributed by atoms with E-state index in [9.17, 15) is 24.7 Å². The number of carboxylic acid groups (broad SMARTS) is 1. The molecule has 0 radical (unpaired) electrons. The first-order chi connectivity index (χ1) is 12.8. The number of hydrogen-bond donors (Lipinski definition) is 6. The van der Waals surface area contributed by atoms with Crippen LogP contribution in [0.4, 0.5) is 0 Å². The van der Waals surface area contributed by atoms with Gasteiger partial charge in [-0.2, -0.15) is 0 Å². The third-order valence-corrected chi connectivity index (χ3v) is 4.12. The van der Waals surface area contributed by atoms with Crippen LogP contribution in [0.5, 0.6) is 5.75 Å². The molecule has 1 atom stereocenters. The number of carbonyl (C=O) groups is 2. The highest BCUT2D eigenvalue weighted by Gasteiger charge is 2.27. The van der Waals surface area contributed by atoms with Gasteiger partial charge in [-0.25, -0.2) is 4.79 Å². The maximum absolute atomic E-state index is 12.2. The lowest BCUT2D eigenvalue weighted by molar-refractivity contribution is -0.120. The molecule has 1 amide bonds. The molecule has 0 saturated heterocycles. The van der Waals surface area contributed by atoms with Crippen molar-refractivity contribution in [1.82, 2.24) is 5.32 Å². The fourth-order valence-corrected chi connectivity index (χ4v) is 2.63. The van der Waals surface area contributed by atoms with E-state index >= 15 is 0 Å². The second-order valence-corrected chi connectivity index (χ2v) is 6.11. The van der Waals surface area contributed by atoms with Crippen LogP contribution in [0.25, 0.3) is 0 Å². The Bertz CT molecular complexity index is 810. The molecule has 0 aliphatic rings. The Kier molecular flexibility index (Phi) is 6.94. The molecule has 1 unspecified atom stereocenters. The molecule has 27 heavy (non-hydrogen) atoms. The lowest BCUT2D eigenvalue weighted by Gasteiger charge is -2.19. The molecular formula is C18H21BN2O6. The van der Waals surface area contributed by atoms with Crippen molar-refractivity contribution in [2.24, 2.45) is 5.73 Å². The molecule has 0 bridgehead atoms. The van der Waals surface area contributed by atoms with Crippen LogP contribution in [-0.4, -0.2) is 45.2 Å². The van der Waals surface area contributed by atoms with E-state index < -0.39 is 30.7 Å². The number of nitrogens with one attached hydrogen (secondary N) is 1. The van der Waals surface area contributed by atoms with E-state index in [-0.39, 0.29) is 24.0 Å². The monoisotopic (exact) mass is 372 g/mol. The largest absolute Gasteiger partial charge is 0.507 e. The van der Waals surface area contributed by atoms with Crippen LogP contribution in [0.15, 0.2) is 42.5 Å². The summed E-state index contributed by atoms with van der Waals surface area (Å²) in [6, 6.07) is 11.2. The van der Waals surface area contributed by atoms with Gasteiger partial charge in [0.05, 0.1) is 12.4 Å². The minimum atomic E-state index is -1.89. The van der Waals surface area contributed by atoms with Gasteiger partial charge >= 0.3 is 13.1 Å². The zero-order chi connectivity index (χ0) is 20.0. The predicted octanol–water partition coefficient (Wildman–Crippen LogP) is -0.169. The van der Waals surface area contributed by atoms with Gasteiger partial charge in [0.15, 0.2) is 0 Å². The topological polar surface area (TPSA) is 153 Å². The smallest absolute Gasteiger partial charge is 0.475 e. The van der Waals surface area contributed by atoms with E-state index in [0.29, 0.717) is 6.54 Å². The van der Waals surface area contributed by atoms with Gasteiger partial charge in [-0.05, 0) is 29.2 Å². The second kappa shape index (κ2) is 9.18. The fourth-order valence-electron chi connectivity index (χ4n) is 2.63. The van der Waals surface area contributed by atoms with Gasteiger partial charge in [0.25, 0.3) is 0 Å². The molecule has 9 heteroatoms. The number of aromatic carboxylic acids is 1. The highest BCUT2D eigenvalue weighted by molar-refractivity contribution is 6.43. The van der Waals surface area contributed by atoms with Gasteiger partial charge in [0.2, 0.25) is 5.91 Å². The van der Waals surface area contributed by atoms with Crippen LogP contribution >= 0.6 is 0 Å². The van der Waals surface area contributed by atoms with Crippen LogP contribution in [0, 0.1) is 0 Å². The van der Waals surface area contributed by atoms with Crippen molar-refractivity contribution in [1.29, 1.82) is 0 Å². The Morgan fingerprint density at radius 3 is 2.26 bits per heavy atom. The first-order valence-corrected chi connectivity index (χ1v) is 8.29. The molecule has 2 rings (SSSR count). The summed E-state index contributed by atoms with van der Waals surface area (Å²) in [5, 5.41) is 40.7. The third kappa shape index (κ3) is 5.55. The summed E-state index contributed by atoms with van der Waals surface area (Å²) in [7, 11) is -1.89. The van der Waals surface area contributed by atoms with Crippen molar-refractivity contribution in [2.75, 3.05) is 0 Å². The number of hydrogen-bond acceptors (Lipinski definition) is 6. The van der Waals surface area contributed by atoms with Gasteiger partial charge in [-0.3, -0.25) is 4.79 Å². The summed E-state index contributed by atoms with van der Waals surface area (Å²) >= 11 is 0. The quantitative estimate of drug-likeness (QED) is 0.352. The number of rotatable bonds is 8. The van der Waals surface area contributed by atoms with E-state index in [1.54, 1.807) is 24.3 Å². The van der Waals surface area contributed by atoms with Crippen LogP contribution in [-0.2, 0) is 24.2 Å². The molecule has 0 saturated carbocycles. The molecule has 0 aromatic heterocycles. The zero-order valence-electron chi connectivity index (χ0n) is 14.5. The van der Waals surface area contributed by atoms with Crippen LogP contribution in [0.3, 0.4) is 0 Å². The van der Waals surface area contributed by atoms with E-state index in [0.717, 1.165) is 11.1 Å². The van der Waals surface area contributed by atoms with Crippen molar-refractivity contribution in [3.63, 3.8) is 0 Å². The zero-order valence-corrected chi connectivity index (χ0v) is 14.5. The normalized spacial score (nSPS) is 11.7. The van der Waals surface area contributed by atoms with Gasteiger partial charge in [-0.1, -0.05) is 36.4 Å². The maximum atomic E-state index is 12.2. The molecule has 0 fully saturated rings. The number of para-hydroxylation sites is 1. The Balaban J connectivity index is 2.08. The molecule has 2 aromatic rings. The average Bonchev–Trinajstić information content (AvgIpc) is 2.63. The SMILES string of the molecule is NCc1ccc(CC(=O)NC(Cc2cccc(C(=O)O)c2O)B(O)O)cc1. The van der Waals surface area contributed by atoms with Crippen molar-refractivity contribution in [3.05, 3.63) is 64.7 Å². The van der Waals surface area contributed by atoms with Gasteiger partial charge in [0, 0.05) is 6.54 Å². The Hall–Kier alpha value is -2.88. The van der Waals surface area contributed by atoms with Gasteiger partial charge in [-0.15, -0.1) is 0 Å². The first-order valence-electron chi connectivity index (χ1n) is 8.29. The minimum Gasteiger partial charge on any atom is -0.507 e. The standard InChI is InChI=1S/C18H21BN2O6/c20-10-12-6-4-11(5-7-12)8-16(22)21-15(19(26)27)9-13-2-1-3-14(17(13)23)18(24)25/h1-7,15,23,26-27H,8-10,20H2,(H,21,22)(H,24,25). The number of carboxylic acids is 1. The van der Waals surface area contributed by atoms with Crippen LogP contribution in [0.1, 0.15) is 27.0 Å². The Morgan fingerprint density at radius 2 is 1.70 bits per heavy atom. The fraction of sp³-hybridized carbons (Fsp3) is 0.222. The van der Waals surface area contributed by atoms with E-state index in [1.165, 1.54) is 18.2 Å². The van der Waals surface area contributed by atoms with Crippen molar-refractivity contribution < 1.29 is 29.9 Å². The predicted molar refractivity (Wildman–Crippen MR) is 98.9 cm³/mol. The summed E-state index contributed by atoms with van der Waals surface area (Å²) in [5.41, 5.74) is 7.06. The summed E-state index contributed by atoms with van der Waals surface area (Å²) in [5.74, 6) is -3.33. The van der Waals surface area contributed by atoms with E-state index in [2.05, 4.69) is 5.32 Å². The first kappa shape index (κ1) is 20.4. The number of nitrogens with two attached hydrogens (primary N) is 1. The maximum Gasteiger partial charge on any atom is 0.475 e. The molecule has 0 heterocycles. The minimum absolute atomic E-state index is 0.0230. The lowest BCUT2D eigenvalue weighted by Crippen LogP contribution is -2.48. The number of phenols is 1. The number of aromatic hydroxyl groups is 1. The highest BCUT2D eigenvalue weighted by Crippen LogP contribution is 2.24.